The SMILES string of the molecule is CCCC1C(=O)NCC(=O)N1CC(C)=CCl. The number of nitrogens with zero attached hydrogens (tertiary/aromatic N) is 1. The van der Waals surface area contributed by atoms with Crippen molar-refractivity contribution in [3.05, 3.63) is 11.1 Å². The Morgan fingerprint density at radius 3 is 2.88 bits per heavy atom. The van der Waals surface area contributed by atoms with E-state index in [0.29, 0.717) is 13.0 Å². The number of nitrogens with one attached hydrogen (secondary N) is 1. The first-order valence-corrected chi connectivity index (χ1v) is 5.86. The fourth-order valence-corrected chi connectivity index (χ4v) is 1.83. The third kappa shape index (κ3) is 2.98. The lowest BCUT2D eigenvalue weighted by Gasteiger charge is -2.35. The Morgan fingerprint density at radius 2 is 2.31 bits per heavy atom. The molecule has 1 rings (SSSR count). The highest BCUT2D eigenvalue weighted by molar-refractivity contribution is 6.25. The maximum Gasteiger partial charge on any atom is 0.243 e. The van der Waals surface area contributed by atoms with E-state index in [1.54, 1.807) is 4.90 Å². The van der Waals surface area contributed by atoms with Crippen molar-refractivity contribution in [3.8, 4) is 0 Å². The van der Waals surface area contributed by atoms with Gasteiger partial charge in [-0.15, -0.1) is 0 Å². The number of halogens is 1. The van der Waals surface area contributed by atoms with Crippen molar-refractivity contribution in [2.75, 3.05) is 13.1 Å². The van der Waals surface area contributed by atoms with Crippen LogP contribution in [0.1, 0.15) is 26.7 Å². The molecule has 0 aromatic carbocycles. The number of carbonyl (C=O) groups excluding carboxylic acids is 2. The number of piperazine rings is 1. The van der Waals surface area contributed by atoms with Crippen molar-refractivity contribution in [2.24, 2.45) is 0 Å². The van der Waals surface area contributed by atoms with Crippen LogP contribution in [-0.2, 0) is 9.59 Å². The van der Waals surface area contributed by atoms with Crippen LogP contribution in [0.3, 0.4) is 0 Å². The summed E-state index contributed by atoms with van der Waals surface area (Å²) in [5.74, 6) is -0.111. The molecular formula is C11H17ClN2O2. The minimum absolute atomic E-state index is 0.0454. The van der Waals surface area contributed by atoms with Crippen LogP contribution in [0.4, 0.5) is 0 Å². The van der Waals surface area contributed by atoms with E-state index in [9.17, 15) is 9.59 Å². The van der Waals surface area contributed by atoms with Crippen LogP contribution in [0.15, 0.2) is 11.1 Å². The first-order chi connectivity index (χ1) is 7.60. The van der Waals surface area contributed by atoms with Gasteiger partial charge in [0.05, 0.1) is 6.54 Å². The van der Waals surface area contributed by atoms with Crippen LogP contribution in [-0.4, -0.2) is 35.8 Å². The molecule has 5 heteroatoms. The lowest BCUT2D eigenvalue weighted by Crippen LogP contribution is -2.58. The van der Waals surface area contributed by atoms with Gasteiger partial charge in [-0.3, -0.25) is 9.59 Å². The summed E-state index contributed by atoms with van der Waals surface area (Å²) in [4.78, 5) is 25.0. The van der Waals surface area contributed by atoms with Crippen molar-refractivity contribution in [1.82, 2.24) is 10.2 Å². The van der Waals surface area contributed by atoms with E-state index in [1.165, 1.54) is 5.54 Å². The largest absolute Gasteiger partial charge is 0.345 e. The van der Waals surface area contributed by atoms with Gasteiger partial charge in [0.15, 0.2) is 0 Å². The molecule has 1 fully saturated rings. The Morgan fingerprint density at radius 1 is 1.62 bits per heavy atom. The van der Waals surface area contributed by atoms with Crippen LogP contribution in [0.5, 0.6) is 0 Å². The lowest BCUT2D eigenvalue weighted by atomic mass is 10.1. The van der Waals surface area contributed by atoms with Crippen molar-refractivity contribution >= 4 is 23.4 Å². The Labute approximate surface area is 101 Å². The topological polar surface area (TPSA) is 49.4 Å². The summed E-state index contributed by atoms with van der Waals surface area (Å²) < 4.78 is 0. The van der Waals surface area contributed by atoms with Crippen molar-refractivity contribution in [2.45, 2.75) is 32.7 Å². The van der Waals surface area contributed by atoms with E-state index in [-0.39, 0.29) is 24.4 Å². The quantitative estimate of drug-likeness (QED) is 0.809. The van der Waals surface area contributed by atoms with Gasteiger partial charge in [0, 0.05) is 12.1 Å². The van der Waals surface area contributed by atoms with E-state index in [4.69, 9.17) is 11.6 Å². The summed E-state index contributed by atoms with van der Waals surface area (Å²) in [7, 11) is 0. The highest BCUT2D eigenvalue weighted by Gasteiger charge is 2.33. The molecule has 0 bridgehead atoms. The number of hydrogen-bond donors (Lipinski definition) is 1. The second-order valence-corrected chi connectivity index (χ2v) is 4.22. The number of amides is 2. The smallest absolute Gasteiger partial charge is 0.243 e. The molecule has 16 heavy (non-hydrogen) atoms. The van der Waals surface area contributed by atoms with E-state index in [0.717, 1.165) is 12.0 Å². The summed E-state index contributed by atoms with van der Waals surface area (Å²) in [6.07, 6.45) is 1.55. The number of carbonyl (C=O) groups is 2. The maximum absolute atomic E-state index is 11.7. The molecule has 1 saturated heterocycles. The molecule has 1 heterocycles. The van der Waals surface area contributed by atoms with Gasteiger partial charge < -0.3 is 10.2 Å². The minimum atomic E-state index is -0.349. The Kier molecular flexibility index (Phi) is 4.80. The molecular weight excluding hydrogens is 228 g/mol. The van der Waals surface area contributed by atoms with E-state index in [2.05, 4.69) is 5.32 Å². The second-order valence-electron chi connectivity index (χ2n) is 4.00. The van der Waals surface area contributed by atoms with Crippen LogP contribution in [0.2, 0.25) is 0 Å². The molecule has 0 saturated carbocycles. The average Bonchev–Trinajstić information content (AvgIpc) is 2.28. The third-order valence-corrected chi connectivity index (χ3v) is 2.95. The van der Waals surface area contributed by atoms with Crippen LogP contribution in [0.25, 0.3) is 0 Å². The first kappa shape index (κ1) is 13.0. The molecule has 0 radical (unpaired) electrons. The Hall–Kier alpha value is -1.03. The summed E-state index contributed by atoms with van der Waals surface area (Å²) in [6, 6.07) is -0.349. The third-order valence-electron chi connectivity index (χ3n) is 2.58. The molecule has 1 N–H and O–H groups in total. The summed E-state index contributed by atoms with van der Waals surface area (Å²) in [5, 5.41) is 2.61. The maximum atomic E-state index is 11.7. The zero-order valence-corrected chi connectivity index (χ0v) is 10.4. The summed E-state index contributed by atoms with van der Waals surface area (Å²) in [6.45, 7) is 4.36. The predicted molar refractivity (Wildman–Crippen MR) is 63.0 cm³/mol. The van der Waals surface area contributed by atoms with Gasteiger partial charge >= 0.3 is 0 Å². The Bertz CT molecular complexity index is 315. The van der Waals surface area contributed by atoms with Crippen LogP contribution < -0.4 is 5.32 Å². The molecule has 2 amide bonds. The molecule has 1 atom stereocenters. The minimum Gasteiger partial charge on any atom is -0.345 e. The van der Waals surface area contributed by atoms with Gasteiger partial charge in [-0.05, 0) is 18.9 Å². The molecule has 0 aromatic heterocycles. The molecule has 0 aliphatic carbocycles. The molecule has 1 aliphatic heterocycles. The number of rotatable bonds is 4. The molecule has 0 spiro atoms. The monoisotopic (exact) mass is 244 g/mol. The number of hydrogen-bond acceptors (Lipinski definition) is 2. The normalized spacial score (nSPS) is 22.3. The fourth-order valence-electron chi connectivity index (χ4n) is 1.76. The van der Waals surface area contributed by atoms with E-state index < -0.39 is 0 Å². The lowest BCUT2D eigenvalue weighted by molar-refractivity contribution is -0.145. The zero-order chi connectivity index (χ0) is 12.1. The van der Waals surface area contributed by atoms with Gasteiger partial charge in [-0.1, -0.05) is 24.9 Å². The Balaban J connectivity index is 2.80. The van der Waals surface area contributed by atoms with Crippen molar-refractivity contribution < 1.29 is 9.59 Å². The van der Waals surface area contributed by atoms with E-state index >= 15 is 0 Å². The fraction of sp³-hybridized carbons (Fsp3) is 0.636. The van der Waals surface area contributed by atoms with Crippen molar-refractivity contribution in [1.29, 1.82) is 0 Å². The van der Waals surface area contributed by atoms with E-state index in [1.807, 2.05) is 13.8 Å². The van der Waals surface area contributed by atoms with Gasteiger partial charge in [0.1, 0.15) is 6.04 Å². The first-order valence-electron chi connectivity index (χ1n) is 5.43. The average molecular weight is 245 g/mol. The summed E-state index contributed by atoms with van der Waals surface area (Å²) in [5.41, 5.74) is 2.33. The van der Waals surface area contributed by atoms with Crippen LogP contribution >= 0.6 is 11.6 Å². The highest BCUT2D eigenvalue weighted by Crippen LogP contribution is 2.14. The highest BCUT2D eigenvalue weighted by atomic mass is 35.5. The van der Waals surface area contributed by atoms with Gasteiger partial charge in [-0.25, -0.2) is 0 Å². The summed E-state index contributed by atoms with van der Waals surface area (Å²) >= 11 is 5.58. The van der Waals surface area contributed by atoms with Gasteiger partial charge in [-0.2, -0.15) is 0 Å². The standard InChI is InChI=1S/C11H17ClN2O2/c1-3-4-9-11(16)13-6-10(15)14(9)7-8(2)5-12/h5,9H,3-4,6-7H2,1-2H3,(H,13,16). The molecule has 4 nitrogen and oxygen atoms in total. The molecule has 1 aliphatic rings. The molecule has 1 unspecified atom stereocenters. The van der Waals surface area contributed by atoms with Gasteiger partial charge in [0.25, 0.3) is 0 Å². The molecule has 0 aromatic rings. The molecule has 90 valence electrons. The van der Waals surface area contributed by atoms with Gasteiger partial charge in [0.2, 0.25) is 11.8 Å². The zero-order valence-electron chi connectivity index (χ0n) is 9.62. The second kappa shape index (κ2) is 5.89. The van der Waals surface area contributed by atoms with Crippen LogP contribution in [0, 0.1) is 0 Å². The van der Waals surface area contributed by atoms with Crippen molar-refractivity contribution in [3.63, 3.8) is 0 Å². The predicted octanol–water partition coefficient (Wildman–Crippen LogP) is 1.26.